The number of fused-ring (bicyclic) bond motifs is 2. The van der Waals surface area contributed by atoms with E-state index >= 15 is 0 Å². The molecule has 27 heavy (non-hydrogen) atoms. The molecule has 0 atom stereocenters. The molecule has 1 amide bonds. The fraction of sp³-hybridized carbons (Fsp3) is 0.200. The summed E-state index contributed by atoms with van der Waals surface area (Å²) in [4.78, 5) is 24.2. The maximum atomic E-state index is 12.2. The molecule has 2 aromatic carbocycles. The summed E-state index contributed by atoms with van der Waals surface area (Å²) < 4.78 is 21.1. The highest BCUT2D eigenvalue weighted by Gasteiger charge is 2.20. The van der Waals surface area contributed by atoms with Crippen molar-refractivity contribution < 1.29 is 28.2 Å². The monoisotopic (exact) mass is 367 g/mol. The van der Waals surface area contributed by atoms with Crippen molar-refractivity contribution in [1.82, 2.24) is 5.32 Å². The lowest BCUT2D eigenvalue weighted by Crippen LogP contribution is -2.28. The van der Waals surface area contributed by atoms with Crippen LogP contribution in [0.2, 0.25) is 0 Å². The normalized spacial score (nSPS) is 12.2. The van der Waals surface area contributed by atoms with E-state index in [4.69, 9.17) is 18.6 Å². The maximum absolute atomic E-state index is 12.2. The van der Waals surface area contributed by atoms with Gasteiger partial charge in [-0.15, -0.1) is 0 Å². The summed E-state index contributed by atoms with van der Waals surface area (Å²) in [6.45, 7) is 1.88. The molecule has 7 heteroatoms. The van der Waals surface area contributed by atoms with Crippen molar-refractivity contribution in [1.29, 1.82) is 0 Å². The average Bonchev–Trinajstić information content (AvgIpc) is 3.29. The van der Waals surface area contributed by atoms with Crippen LogP contribution in [0, 0.1) is 6.92 Å². The number of aryl methyl sites for hydroxylation is 1. The van der Waals surface area contributed by atoms with E-state index in [0.717, 1.165) is 10.9 Å². The van der Waals surface area contributed by atoms with Crippen LogP contribution in [0.15, 0.2) is 46.9 Å². The highest BCUT2D eigenvalue weighted by atomic mass is 16.7. The molecule has 1 aromatic heterocycles. The molecule has 4 rings (SSSR count). The summed E-state index contributed by atoms with van der Waals surface area (Å²) in [6, 6.07) is 12.7. The van der Waals surface area contributed by atoms with Crippen molar-refractivity contribution in [2.75, 3.05) is 13.4 Å². The topological polar surface area (TPSA) is 87.0 Å². The Hall–Kier alpha value is -3.48. The van der Waals surface area contributed by atoms with Crippen molar-refractivity contribution in [2.24, 2.45) is 0 Å². The Morgan fingerprint density at radius 1 is 1.11 bits per heavy atom. The van der Waals surface area contributed by atoms with E-state index in [2.05, 4.69) is 5.32 Å². The number of amides is 1. The van der Waals surface area contributed by atoms with Gasteiger partial charge >= 0.3 is 5.97 Å². The minimum absolute atomic E-state index is 0.111. The summed E-state index contributed by atoms with van der Waals surface area (Å²) in [5, 5.41) is 3.54. The first-order valence-electron chi connectivity index (χ1n) is 8.42. The Morgan fingerprint density at radius 3 is 2.78 bits per heavy atom. The Balaban J connectivity index is 1.32. The van der Waals surface area contributed by atoms with Gasteiger partial charge in [0.15, 0.2) is 18.1 Å². The van der Waals surface area contributed by atoms with E-state index in [-0.39, 0.29) is 25.7 Å². The summed E-state index contributed by atoms with van der Waals surface area (Å²) in [7, 11) is 0. The van der Waals surface area contributed by atoms with Crippen molar-refractivity contribution in [3.63, 3.8) is 0 Å². The predicted octanol–water partition coefficient (Wildman–Crippen LogP) is 2.94. The molecule has 0 saturated carbocycles. The van der Waals surface area contributed by atoms with Crippen LogP contribution in [-0.4, -0.2) is 25.3 Å². The number of carbonyl (C=O) groups is 2. The van der Waals surface area contributed by atoms with Gasteiger partial charge in [0, 0.05) is 17.5 Å². The average molecular weight is 367 g/mol. The molecule has 0 fully saturated rings. The molecule has 1 aliphatic rings. The Labute approximate surface area is 154 Å². The summed E-state index contributed by atoms with van der Waals surface area (Å²) >= 11 is 0. The molecular formula is C20H17NO6. The number of carbonyl (C=O) groups excluding carboxylic acids is 2. The number of furan rings is 1. The zero-order valence-corrected chi connectivity index (χ0v) is 14.6. The van der Waals surface area contributed by atoms with Crippen LogP contribution in [0.1, 0.15) is 21.7 Å². The minimum Gasteiger partial charge on any atom is -0.454 e. The molecule has 1 N–H and O–H groups in total. The second-order valence-electron chi connectivity index (χ2n) is 6.09. The molecular weight excluding hydrogens is 350 g/mol. The van der Waals surface area contributed by atoms with Crippen molar-refractivity contribution in [3.8, 4) is 11.5 Å². The number of rotatable bonds is 5. The highest BCUT2D eigenvalue weighted by molar-refractivity contribution is 5.96. The number of esters is 1. The smallest absolute Gasteiger partial charge is 0.375 e. The van der Waals surface area contributed by atoms with E-state index in [9.17, 15) is 9.59 Å². The second-order valence-corrected chi connectivity index (χ2v) is 6.09. The van der Waals surface area contributed by atoms with E-state index in [0.29, 0.717) is 22.6 Å². The molecule has 2 heterocycles. The third-order valence-electron chi connectivity index (χ3n) is 4.29. The lowest BCUT2D eigenvalue weighted by molar-refractivity contribution is -0.124. The standard InChI is InChI=1S/C20H17NO6/c1-12-14-4-2-3-5-15(14)27-19(12)20(23)24-10-18(22)21-9-13-6-7-16-17(8-13)26-11-25-16/h2-8H,9-11H2,1H3,(H,21,22). The molecule has 0 radical (unpaired) electrons. The second kappa shape index (κ2) is 7.03. The van der Waals surface area contributed by atoms with Crippen molar-refractivity contribution in [2.45, 2.75) is 13.5 Å². The van der Waals surface area contributed by atoms with Crippen LogP contribution in [0.5, 0.6) is 11.5 Å². The van der Waals surface area contributed by atoms with Crippen molar-refractivity contribution >= 4 is 22.8 Å². The zero-order valence-electron chi connectivity index (χ0n) is 14.6. The van der Waals surface area contributed by atoms with Gasteiger partial charge in [-0.1, -0.05) is 24.3 Å². The number of benzene rings is 2. The van der Waals surface area contributed by atoms with Crippen LogP contribution in [0.3, 0.4) is 0 Å². The summed E-state index contributed by atoms with van der Waals surface area (Å²) in [5.74, 6) is 0.366. The molecule has 0 unspecified atom stereocenters. The van der Waals surface area contributed by atoms with Crippen LogP contribution in [0.4, 0.5) is 0 Å². The van der Waals surface area contributed by atoms with E-state index in [1.807, 2.05) is 24.3 Å². The largest absolute Gasteiger partial charge is 0.454 e. The highest BCUT2D eigenvalue weighted by Crippen LogP contribution is 2.32. The van der Waals surface area contributed by atoms with Gasteiger partial charge in [0.2, 0.25) is 12.6 Å². The maximum Gasteiger partial charge on any atom is 0.375 e. The molecule has 0 aliphatic carbocycles. The first kappa shape index (κ1) is 17.0. The SMILES string of the molecule is Cc1c(C(=O)OCC(=O)NCc2ccc3c(c2)OCO3)oc2ccccc12. The molecule has 3 aromatic rings. The van der Waals surface area contributed by atoms with Gasteiger partial charge in [-0.2, -0.15) is 0 Å². The molecule has 0 saturated heterocycles. The van der Waals surface area contributed by atoms with E-state index in [1.54, 1.807) is 25.1 Å². The summed E-state index contributed by atoms with van der Waals surface area (Å²) in [5.41, 5.74) is 2.15. The lowest BCUT2D eigenvalue weighted by Gasteiger charge is -2.07. The van der Waals surface area contributed by atoms with Gasteiger partial charge in [0.1, 0.15) is 5.58 Å². The quantitative estimate of drug-likeness (QED) is 0.698. The third kappa shape index (κ3) is 3.44. The molecule has 7 nitrogen and oxygen atoms in total. The van der Waals surface area contributed by atoms with Crippen LogP contribution < -0.4 is 14.8 Å². The molecule has 0 bridgehead atoms. The lowest BCUT2D eigenvalue weighted by atomic mass is 10.1. The summed E-state index contributed by atoms with van der Waals surface area (Å²) in [6.07, 6.45) is 0. The van der Waals surface area contributed by atoms with E-state index < -0.39 is 11.9 Å². The van der Waals surface area contributed by atoms with Crippen LogP contribution >= 0.6 is 0 Å². The fourth-order valence-electron chi connectivity index (χ4n) is 2.87. The van der Waals surface area contributed by atoms with Crippen LogP contribution in [-0.2, 0) is 16.1 Å². The molecule has 0 spiro atoms. The zero-order chi connectivity index (χ0) is 18.8. The van der Waals surface area contributed by atoms with Crippen LogP contribution in [0.25, 0.3) is 11.0 Å². The van der Waals surface area contributed by atoms with Gasteiger partial charge in [0.05, 0.1) is 0 Å². The van der Waals surface area contributed by atoms with Gasteiger partial charge in [-0.25, -0.2) is 4.79 Å². The Kier molecular flexibility index (Phi) is 4.42. The molecule has 1 aliphatic heterocycles. The Morgan fingerprint density at radius 2 is 1.93 bits per heavy atom. The fourth-order valence-corrected chi connectivity index (χ4v) is 2.87. The third-order valence-corrected chi connectivity index (χ3v) is 4.29. The van der Waals surface area contributed by atoms with E-state index in [1.165, 1.54) is 0 Å². The number of ether oxygens (including phenoxy) is 3. The van der Waals surface area contributed by atoms with Gasteiger partial charge < -0.3 is 23.9 Å². The van der Waals surface area contributed by atoms with Crippen molar-refractivity contribution in [3.05, 3.63) is 59.4 Å². The minimum atomic E-state index is -0.665. The first-order chi connectivity index (χ1) is 13.1. The molecule has 138 valence electrons. The van der Waals surface area contributed by atoms with Gasteiger partial charge in [-0.05, 0) is 30.7 Å². The van der Waals surface area contributed by atoms with Gasteiger partial charge in [0.25, 0.3) is 5.91 Å². The first-order valence-corrected chi connectivity index (χ1v) is 8.42. The Bertz CT molecular complexity index is 1020. The number of nitrogens with one attached hydrogen (secondary N) is 1. The number of hydrogen-bond donors (Lipinski definition) is 1. The number of para-hydroxylation sites is 1. The number of hydrogen-bond acceptors (Lipinski definition) is 6. The predicted molar refractivity (Wildman–Crippen MR) is 95.6 cm³/mol. The van der Waals surface area contributed by atoms with Gasteiger partial charge in [-0.3, -0.25) is 4.79 Å².